The van der Waals surface area contributed by atoms with Crippen LogP contribution >= 0.6 is 0 Å². The molecule has 0 unspecified atom stereocenters. The lowest BCUT2D eigenvalue weighted by atomic mass is 10.0. The maximum Gasteiger partial charge on any atom is 0.0810 e. The van der Waals surface area contributed by atoms with Crippen molar-refractivity contribution >= 4 is 11.1 Å². The van der Waals surface area contributed by atoms with E-state index in [2.05, 4.69) is 24.3 Å². The van der Waals surface area contributed by atoms with Crippen molar-refractivity contribution in [3.05, 3.63) is 96.1 Å². The van der Waals surface area contributed by atoms with E-state index in [4.69, 9.17) is 19.9 Å². The average molecular weight is 332 g/mol. The smallest absolute Gasteiger partial charge is 0.0810 e. The van der Waals surface area contributed by atoms with Gasteiger partial charge < -0.3 is 0 Å². The lowest BCUT2D eigenvalue weighted by Gasteiger charge is -2.08. The van der Waals surface area contributed by atoms with Gasteiger partial charge in [-0.2, -0.15) is 0 Å². The fourth-order valence-electron chi connectivity index (χ4n) is 3.99. The fraction of sp³-hybridized carbons (Fsp3) is 0. The Hall–Kier alpha value is -3.66. The third kappa shape index (κ3) is 1.63. The summed E-state index contributed by atoms with van der Waals surface area (Å²) in [6.45, 7) is 0. The summed E-state index contributed by atoms with van der Waals surface area (Å²) in [4.78, 5) is 18.8. The van der Waals surface area contributed by atoms with Gasteiger partial charge in [-0.15, -0.1) is 0 Å². The molecule has 6 rings (SSSR count). The van der Waals surface area contributed by atoms with Gasteiger partial charge in [0.1, 0.15) is 0 Å². The second-order valence-corrected chi connectivity index (χ2v) is 6.35. The monoisotopic (exact) mass is 332 g/mol. The highest BCUT2D eigenvalue weighted by molar-refractivity contribution is 6.16. The summed E-state index contributed by atoms with van der Waals surface area (Å²) in [5.74, 6) is 0. The first-order valence-electron chi connectivity index (χ1n) is 8.50. The highest BCUT2D eigenvalue weighted by Crippen LogP contribution is 2.51. The molecule has 0 atom stereocenters. The predicted octanol–water partition coefficient (Wildman–Crippen LogP) is 4.23. The van der Waals surface area contributed by atoms with E-state index in [0.29, 0.717) is 0 Å². The fourth-order valence-corrected chi connectivity index (χ4v) is 3.99. The van der Waals surface area contributed by atoms with Crippen molar-refractivity contribution in [3.8, 4) is 22.3 Å². The molecule has 4 nitrogen and oxygen atoms in total. The number of rotatable bonds is 0. The van der Waals surface area contributed by atoms with Crippen LogP contribution in [-0.4, -0.2) is 19.9 Å². The Kier molecular flexibility index (Phi) is 2.58. The predicted molar refractivity (Wildman–Crippen MR) is 100.0 cm³/mol. The minimum absolute atomic E-state index is 0.950. The van der Waals surface area contributed by atoms with Crippen LogP contribution in [0.4, 0.5) is 0 Å². The molecule has 26 heavy (non-hydrogen) atoms. The zero-order chi connectivity index (χ0) is 17.1. The quantitative estimate of drug-likeness (QED) is 0.417. The number of nitrogens with zero attached hydrogens (tertiary/aromatic N) is 4. The van der Waals surface area contributed by atoms with Crippen LogP contribution in [0.5, 0.6) is 0 Å². The Morgan fingerprint density at radius 1 is 0.385 bits per heavy atom. The van der Waals surface area contributed by atoms with Gasteiger partial charge in [0.15, 0.2) is 0 Å². The van der Waals surface area contributed by atoms with E-state index in [0.717, 1.165) is 56.2 Å². The first-order valence-corrected chi connectivity index (χ1v) is 8.50. The molecule has 120 valence electrons. The van der Waals surface area contributed by atoms with Gasteiger partial charge in [-0.3, -0.25) is 19.9 Å². The molecule has 2 aliphatic rings. The molecule has 0 N–H and O–H groups in total. The minimum atomic E-state index is 0.950. The van der Waals surface area contributed by atoms with E-state index < -0.39 is 0 Å². The van der Waals surface area contributed by atoms with Gasteiger partial charge in [0.25, 0.3) is 0 Å². The molecule has 0 fully saturated rings. The Morgan fingerprint density at radius 3 is 0.923 bits per heavy atom. The molecule has 0 aliphatic heterocycles. The van der Waals surface area contributed by atoms with Crippen molar-refractivity contribution in [2.75, 3.05) is 0 Å². The van der Waals surface area contributed by atoms with Gasteiger partial charge in [0.05, 0.1) is 22.8 Å². The third-order valence-corrected chi connectivity index (χ3v) is 5.01. The highest BCUT2D eigenvalue weighted by Gasteiger charge is 2.35. The Bertz CT molecular complexity index is 1050. The SMILES string of the molecule is c1cnc2c(c1)-c1cccnc1C2=C1c2ncccc2-c2cccnc21. The molecule has 4 heteroatoms. The molecular formula is C22H12N4. The lowest BCUT2D eigenvalue weighted by Crippen LogP contribution is -1.96. The summed E-state index contributed by atoms with van der Waals surface area (Å²) in [6, 6.07) is 16.3. The highest BCUT2D eigenvalue weighted by atomic mass is 14.8. The standard InChI is InChI=1S/C22H12N4/c1-5-13-14-6-2-10-24-20(14)17(19(13)23-9-1)18-21-15(7-3-11-25-21)16-8-4-12-26-22(16)18/h1-12H. The van der Waals surface area contributed by atoms with E-state index in [9.17, 15) is 0 Å². The van der Waals surface area contributed by atoms with Crippen molar-refractivity contribution < 1.29 is 0 Å². The van der Waals surface area contributed by atoms with Gasteiger partial charge in [-0.25, -0.2) is 0 Å². The maximum absolute atomic E-state index is 4.69. The van der Waals surface area contributed by atoms with E-state index >= 15 is 0 Å². The number of pyridine rings is 4. The van der Waals surface area contributed by atoms with Crippen LogP contribution in [0.15, 0.2) is 73.3 Å². The lowest BCUT2D eigenvalue weighted by molar-refractivity contribution is 1.24. The Labute approximate surface area is 150 Å². The molecular weight excluding hydrogens is 320 g/mol. The zero-order valence-corrected chi connectivity index (χ0v) is 13.7. The molecule has 0 aromatic carbocycles. The van der Waals surface area contributed by atoms with Crippen LogP contribution < -0.4 is 0 Å². The molecule has 0 bridgehead atoms. The van der Waals surface area contributed by atoms with Gasteiger partial charge >= 0.3 is 0 Å². The Balaban J connectivity index is 1.82. The van der Waals surface area contributed by atoms with Crippen molar-refractivity contribution in [1.82, 2.24) is 19.9 Å². The summed E-state index contributed by atoms with van der Waals surface area (Å²) >= 11 is 0. The topological polar surface area (TPSA) is 51.6 Å². The van der Waals surface area contributed by atoms with Crippen molar-refractivity contribution in [3.63, 3.8) is 0 Å². The molecule has 2 aliphatic carbocycles. The summed E-state index contributed by atoms with van der Waals surface area (Å²) in [7, 11) is 0. The molecule has 0 amide bonds. The van der Waals surface area contributed by atoms with Crippen LogP contribution in [0.1, 0.15) is 22.8 Å². The van der Waals surface area contributed by atoms with Crippen LogP contribution in [-0.2, 0) is 0 Å². The first kappa shape index (κ1) is 13.6. The van der Waals surface area contributed by atoms with Gasteiger partial charge in [-0.05, 0) is 24.3 Å². The van der Waals surface area contributed by atoms with E-state index in [-0.39, 0.29) is 0 Å². The third-order valence-electron chi connectivity index (χ3n) is 5.01. The zero-order valence-electron chi connectivity index (χ0n) is 13.7. The minimum Gasteiger partial charge on any atom is -0.255 e. The molecule has 4 heterocycles. The molecule has 4 aromatic heterocycles. The molecule has 0 saturated carbocycles. The molecule has 0 saturated heterocycles. The van der Waals surface area contributed by atoms with Crippen LogP contribution in [0.3, 0.4) is 0 Å². The van der Waals surface area contributed by atoms with E-state index in [1.54, 1.807) is 0 Å². The van der Waals surface area contributed by atoms with Gasteiger partial charge in [0, 0.05) is 58.2 Å². The Morgan fingerprint density at radius 2 is 0.654 bits per heavy atom. The summed E-state index contributed by atoms with van der Waals surface area (Å²) < 4.78 is 0. The second kappa shape index (κ2) is 4.92. The first-order chi connectivity index (χ1) is 12.9. The maximum atomic E-state index is 4.69. The van der Waals surface area contributed by atoms with Crippen molar-refractivity contribution in [2.24, 2.45) is 0 Å². The van der Waals surface area contributed by atoms with Gasteiger partial charge in [0.2, 0.25) is 0 Å². The van der Waals surface area contributed by atoms with Crippen LogP contribution in [0, 0.1) is 0 Å². The van der Waals surface area contributed by atoms with Crippen molar-refractivity contribution in [2.45, 2.75) is 0 Å². The number of hydrogen-bond donors (Lipinski definition) is 0. The summed E-state index contributed by atoms with van der Waals surface area (Å²) in [5.41, 5.74) is 10.3. The second-order valence-electron chi connectivity index (χ2n) is 6.35. The summed E-state index contributed by atoms with van der Waals surface area (Å²) in [6.07, 6.45) is 7.33. The average Bonchev–Trinajstić information content (AvgIpc) is 3.21. The number of hydrogen-bond acceptors (Lipinski definition) is 4. The number of fused-ring (bicyclic) bond motifs is 6. The van der Waals surface area contributed by atoms with Crippen molar-refractivity contribution in [1.29, 1.82) is 0 Å². The number of aromatic nitrogens is 4. The van der Waals surface area contributed by atoms with Gasteiger partial charge in [-0.1, -0.05) is 24.3 Å². The molecule has 4 aromatic rings. The van der Waals surface area contributed by atoms with E-state index in [1.165, 1.54) is 0 Å². The largest absolute Gasteiger partial charge is 0.255 e. The van der Waals surface area contributed by atoms with E-state index in [1.807, 2.05) is 49.1 Å². The van der Waals surface area contributed by atoms with Crippen LogP contribution in [0.25, 0.3) is 33.4 Å². The van der Waals surface area contributed by atoms with Crippen LogP contribution in [0.2, 0.25) is 0 Å². The normalized spacial score (nSPS) is 13.2. The molecule has 0 spiro atoms. The molecule has 0 radical (unpaired) electrons. The summed E-state index contributed by atoms with van der Waals surface area (Å²) in [5, 5.41) is 0.